The largest absolute Gasteiger partial charge is 0.360 e. The van der Waals surface area contributed by atoms with Gasteiger partial charge in [-0.25, -0.2) is 4.98 Å². The SMILES string of the molecule is C#Cc1c(-c2ccccc2)noc1C.Cc1cccnc1C#Cc1c(-c2ccccc2)noc1C. The van der Waals surface area contributed by atoms with Gasteiger partial charge in [0.05, 0.1) is 11.1 Å². The van der Waals surface area contributed by atoms with Crippen LogP contribution in [0.4, 0.5) is 0 Å². The van der Waals surface area contributed by atoms with Crippen LogP contribution in [-0.2, 0) is 0 Å². The van der Waals surface area contributed by atoms with Crippen molar-refractivity contribution in [2.45, 2.75) is 20.8 Å². The third-order valence-corrected chi connectivity index (χ3v) is 5.28. The normalized spacial score (nSPS) is 9.89. The van der Waals surface area contributed by atoms with Gasteiger partial charge in [-0.1, -0.05) is 88.9 Å². The Morgan fingerprint density at radius 2 is 1.20 bits per heavy atom. The van der Waals surface area contributed by atoms with Crippen LogP contribution in [0.1, 0.15) is 33.9 Å². The van der Waals surface area contributed by atoms with Gasteiger partial charge >= 0.3 is 0 Å². The summed E-state index contributed by atoms with van der Waals surface area (Å²) in [6.45, 7) is 5.68. The molecule has 170 valence electrons. The van der Waals surface area contributed by atoms with Crippen molar-refractivity contribution in [3.63, 3.8) is 0 Å². The highest BCUT2D eigenvalue weighted by Gasteiger charge is 2.13. The lowest BCUT2D eigenvalue weighted by Gasteiger charge is -1.96. The molecule has 0 radical (unpaired) electrons. The van der Waals surface area contributed by atoms with E-state index in [1.807, 2.05) is 93.6 Å². The average Bonchev–Trinajstić information content (AvgIpc) is 3.46. The van der Waals surface area contributed by atoms with E-state index in [4.69, 9.17) is 15.5 Å². The number of pyridine rings is 1. The quantitative estimate of drug-likeness (QED) is 0.288. The molecule has 0 unspecified atom stereocenters. The highest BCUT2D eigenvalue weighted by molar-refractivity contribution is 5.68. The van der Waals surface area contributed by atoms with Crippen LogP contribution in [0.15, 0.2) is 88.0 Å². The lowest BCUT2D eigenvalue weighted by molar-refractivity contribution is 0.399. The molecule has 0 bridgehead atoms. The molecule has 0 aliphatic rings. The molecule has 3 heterocycles. The first-order valence-corrected chi connectivity index (χ1v) is 11.0. The maximum Gasteiger partial charge on any atom is 0.149 e. The van der Waals surface area contributed by atoms with E-state index in [1.165, 1.54) is 0 Å². The van der Waals surface area contributed by atoms with Crippen LogP contribution in [0.5, 0.6) is 0 Å². The molecule has 0 saturated carbocycles. The molecule has 0 atom stereocenters. The summed E-state index contributed by atoms with van der Waals surface area (Å²) in [4.78, 5) is 4.29. The fraction of sp³-hybridized carbons (Fsp3) is 0.100. The summed E-state index contributed by atoms with van der Waals surface area (Å²) in [5, 5.41) is 8.06. The van der Waals surface area contributed by atoms with Gasteiger partial charge in [-0.3, -0.25) is 0 Å². The van der Waals surface area contributed by atoms with Crippen LogP contribution >= 0.6 is 0 Å². The molecule has 0 N–H and O–H groups in total. The van der Waals surface area contributed by atoms with Crippen molar-refractivity contribution in [2.24, 2.45) is 0 Å². The number of terminal acetylenes is 1. The minimum Gasteiger partial charge on any atom is -0.360 e. The molecule has 0 saturated heterocycles. The van der Waals surface area contributed by atoms with E-state index >= 15 is 0 Å². The Kier molecular flexibility index (Phi) is 7.21. The van der Waals surface area contributed by atoms with E-state index in [-0.39, 0.29) is 0 Å². The Bertz CT molecular complexity index is 1530. The van der Waals surface area contributed by atoms with Gasteiger partial charge in [0, 0.05) is 17.3 Å². The van der Waals surface area contributed by atoms with E-state index in [9.17, 15) is 0 Å². The highest BCUT2D eigenvalue weighted by Crippen LogP contribution is 2.25. The fourth-order valence-corrected chi connectivity index (χ4v) is 3.39. The molecule has 0 fully saturated rings. The van der Waals surface area contributed by atoms with Gasteiger partial charge in [0.15, 0.2) is 0 Å². The Morgan fingerprint density at radius 1 is 0.657 bits per heavy atom. The van der Waals surface area contributed by atoms with Crippen molar-refractivity contribution in [1.29, 1.82) is 0 Å². The van der Waals surface area contributed by atoms with Crippen LogP contribution in [-0.4, -0.2) is 15.3 Å². The molecule has 5 nitrogen and oxygen atoms in total. The van der Waals surface area contributed by atoms with Crippen LogP contribution in [0, 0.1) is 45.0 Å². The second-order valence-corrected chi connectivity index (χ2v) is 7.72. The first-order chi connectivity index (χ1) is 17.1. The zero-order chi connectivity index (χ0) is 24.6. The van der Waals surface area contributed by atoms with E-state index < -0.39 is 0 Å². The summed E-state index contributed by atoms with van der Waals surface area (Å²) < 4.78 is 10.3. The van der Waals surface area contributed by atoms with E-state index in [1.54, 1.807) is 6.20 Å². The predicted octanol–water partition coefficient (Wildman–Crippen LogP) is 6.38. The third-order valence-electron chi connectivity index (χ3n) is 5.28. The summed E-state index contributed by atoms with van der Waals surface area (Å²) in [5.41, 5.74) is 6.87. The van der Waals surface area contributed by atoms with Gasteiger partial charge in [-0.2, -0.15) is 0 Å². The Morgan fingerprint density at radius 3 is 1.74 bits per heavy atom. The van der Waals surface area contributed by atoms with Gasteiger partial charge in [0.1, 0.15) is 28.6 Å². The molecule has 0 aliphatic carbocycles. The molecular formula is C30H23N3O2. The van der Waals surface area contributed by atoms with Crippen LogP contribution < -0.4 is 0 Å². The zero-order valence-electron chi connectivity index (χ0n) is 19.7. The lowest BCUT2D eigenvalue weighted by Crippen LogP contribution is -1.87. The molecular weight excluding hydrogens is 434 g/mol. The minimum absolute atomic E-state index is 0.686. The average molecular weight is 458 g/mol. The number of aromatic nitrogens is 3. The minimum atomic E-state index is 0.686. The van der Waals surface area contributed by atoms with Crippen molar-refractivity contribution < 1.29 is 9.05 Å². The topological polar surface area (TPSA) is 65.0 Å². The molecule has 5 rings (SSSR count). The lowest BCUT2D eigenvalue weighted by atomic mass is 10.1. The van der Waals surface area contributed by atoms with Crippen molar-refractivity contribution in [3.8, 4) is 46.7 Å². The number of hydrogen-bond acceptors (Lipinski definition) is 5. The smallest absolute Gasteiger partial charge is 0.149 e. The van der Waals surface area contributed by atoms with Crippen molar-refractivity contribution in [3.05, 3.63) is 113 Å². The van der Waals surface area contributed by atoms with Crippen molar-refractivity contribution >= 4 is 0 Å². The summed E-state index contributed by atoms with van der Waals surface area (Å²) in [7, 11) is 0. The van der Waals surface area contributed by atoms with Crippen molar-refractivity contribution in [2.75, 3.05) is 0 Å². The number of nitrogens with zero attached hydrogens (tertiary/aromatic N) is 3. The maximum absolute atomic E-state index is 5.38. The van der Waals surface area contributed by atoms with Crippen LogP contribution in [0.2, 0.25) is 0 Å². The van der Waals surface area contributed by atoms with Gasteiger partial charge in [0.25, 0.3) is 0 Å². The monoisotopic (exact) mass is 457 g/mol. The van der Waals surface area contributed by atoms with E-state index in [2.05, 4.69) is 33.1 Å². The third kappa shape index (κ3) is 5.38. The molecule has 3 aromatic heterocycles. The predicted molar refractivity (Wildman–Crippen MR) is 136 cm³/mol. The standard InChI is InChI=1S/C18H14N2O.C12H9NO/c1-13-7-6-12-19-17(13)11-10-16-14(2)21-20-18(16)15-8-4-3-5-9-15;1-3-11-9(2)14-13-12(11)10-7-5-4-6-8-10/h3-9,12H,1-2H3;1,4-8H,2H3. The van der Waals surface area contributed by atoms with Crippen LogP contribution in [0.3, 0.4) is 0 Å². The molecule has 0 amide bonds. The Labute approximate surface area is 204 Å². The molecule has 5 aromatic rings. The fourth-order valence-electron chi connectivity index (χ4n) is 3.39. The van der Waals surface area contributed by atoms with Gasteiger partial charge in [-0.05, 0) is 38.3 Å². The maximum atomic E-state index is 5.38. The summed E-state index contributed by atoms with van der Waals surface area (Å²) in [5.74, 6) is 10.2. The number of aryl methyl sites for hydroxylation is 3. The molecule has 35 heavy (non-hydrogen) atoms. The van der Waals surface area contributed by atoms with E-state index in [0.717, 1.165) is 50.7 Å². The highest BCUT2D eigenvalue weighted by atomic mass is 16.5. The van der Waals surface area contributed by atoms with Gasteiger partial charge in [0.2, 0.25) is 0 Å². The number of rotatable bonds is 2. The molecule has 0 spiro atoms. The summed E-state index contributed by atoms with van der Waals surface area (Å²) >= 11 is 0. The second kappa shape index (κ2) is 10.8. The number of hydrogen-bond donors (Lipinski definition) is 0. The second-order valence-electron chi connectivity index (χ2n) is 7.72. The summed E-state index contributed by atoms with van der Waals surface area (Å²) in [6.07, 6.45) is 7.13. The van der Waals surface area contributed by atoms with Gasteiger partial charge in [-0.15, -0.1) is 6.42 Å². The van der Waals surface area contributed by atoms with Crippen LogP contribution in [0.25, 0.3) is 22.5 Å². The van der Waals surface area contributed by atoms with E-state index in [0.29, 0.717) is 5.76 Å². The molecule has 0 aliphatic heterocycles. The molecule has 2 aromatic carbocycles. The first-order valence-electron chi connectivity index (χ1n) is 11.0. The first kappa shape index (κ1) is 23.3. The number of benzene rings is 2. The summed E-state index contributed by atoms with van der Waals surface area (Å²) in [6, 6.07) is 23.6. The zero-order valence-corrected chi connectivity index (χ0v) is 19.7. The van der Waals surface area contributed by atoms with Gasteiger partial charge < -0.3 is 9.05 Å². The Hall–Kier alpha value is -4.87. The Balaban J connectivity index is 0.000000179. The van der Waals surface area contributed by atoms with Crippen molar-refractivity contribution in [1.82, 2.24) is 15.3 Å². The molecule has 5 heteroatoms.